The third-order valence-electron chi connectivity index (χ3n) is 4.06. The maximum absolute atomic E-state index is 10.8. The zero-order valence-corrected chi connectivity index (χ0v) is 12.7. The number of nitro groups is 1. The molecule has 0 saturated carbocycles. The fourth-order valence-corrected chi connectivity index (χ4v) is 2.69. The van der Waals surface area contributed by atoms with Crippen molar-refractivity contribution < 1.29 is 9.66 Å². The van der Waals surface area contributed by atoms with Crippen molar-refractivity contribution in [3.05, 3.63) is 33.9 Å². The highest BCUT2D eigenvalue weighted by molar-refractivity contribution is 5.43. The zero-order chi connectivity index (χ0) is 15.2. The zero-order valence-electron chi connectivity index (χ0n) is 12.7. The first-order valence-electron chi connectivity index (χ1n) is 7.30. The van der Waals surface area contributed by atoms with Crippen LogP contribution in [0.5, 0.6) is 5.75 Å². The van der Waals surface area contributed by atoms with E-state index in [1.165, 1.54) is 18.9 Å². The standard InChI is InChI=1S/C15H23N3O3/c1-17-7-5-12(6-8-17)10-16-11-13-9-14(18(19)20)3-4-15(13)21-2/h3-4,9,12,16H,5-8,10-11H2,1-2H3. The van der Waals surface area contributed by atoms with E-state index < -0.39 is 0 Å². The SMILES string of the molecule is COc1ccc([N+](=O)[O-])cc1CNCC1CCN(C)CC1. The Kier molecular flexibility index (Phi) is 5.52. The van der Waals surface area contributed by atoms with Gasteiger partial charge in [-0.25, -0.2) is 0 Å². The molecule has 1 aromatic rings. The Morgan fingerprint density at radius 1 is 1.43 bits per heavy atom. The van der Waals surface area contributed by atoms with Gasteiger partial charge in [-0.15, -0.1) is 0 Å². The van der Waals surface area contributed by atoms with Crippen molar-refractivity contribution in [2.45, 2.75) is 19.4 Å². The molecule has 1 aromatic carbocycles. The van der Waals surface area contributed by atoms with Gasteiger partial charge in [-0.2, -0.15) is 0 Å². The largest absolute Gasteiger partial charge is 0.496 e. The highest BCUT2D eigenvalue weighted by atomic mass is 16.6. The molecule has 0 unspecified atom stereocenters. The lowest BCUT2D eigenvalue weighted by atomic mass is 9.97. The second kappa shape index (κ2) is 7.38. The summed E-state index contributed by atoms with van der Waals surface area (Å²) < 4.78 is 5.27. The average molecular weight is 293 g/mol. The van der Waals surface area contributed by atoms with Crippen molar-refractivity contribution in [3.8, 4) is 5.75 Å². The van der Waals surface area contributed by atoms with Crippen LogP contribution in [0.2, 0.25) is 0 Å². The lowest BCUT2D eigenvalue weighted by Crippen LogP contribution is -2.34. The Balaban J connectivity index is 1.89. The van der Waals surface area contributed by atoms with Gasteiger partial charge in [-0.1, -0.05) is 0 Å². The molecule has 0 radical (unpaired) electrons. The van der Waals surface area contributed by atoms with Crippen molar-refractivity contribution in [2.75, 3.05) is 33.8 Å². The highest BCUT2D eigenvalue weighted by Crippen LogP contribution is 2.24. The smallest absolute Gasteiger partial charge is 0.270 e. The minimum absolute atomic E-state index is 0.104. The van der Waals surface area contributed by atoms with Crippen molar-refractivity contribution in [1.82, 2.24) is 10.2 Å². The van der Waals surface area contributed by atoms with Crippen LogP contribution < -0.4 is 10.1 Å². The first kappa shape index (κ1) is 15.7. The predicted octanol–water partition coefficient (Wildman–Crippen LogP) is 2.03. The van der Waals surface area contributed by atoms with Crippen LogP contribution in [0.4, 0.5) is 5.69 Å². The number of methoxy groups -OCH3 is 1. The molecule has 1 N–H and O–H groups in total. The van der Waals surface area contributed by atoms with Crippen LogP contribution in [0.1, 0.15) is 18.4 Å². The average Bonchev–Trinajstić information content (AvgIpc) is 2.49. The number of likely N-dealkylation sites (tertiary alicyclic amines) is 1. The van der Waals surface area contributed by atoms with Gasteiger partial charge in [-0.05, 0) is 51.5 Å². The summed E-state index contributed by atoms with van der Waals surface area (Å²) in [6, 6.07) is 4.71. The minimum atomic E-state index is -0.375. The summed E-state index contributed by atoms with van der Waals surface area (Å²) >= 11 is 0. The molecular weight excluding hydrogens is 270 g/mol. The van der Waals surface area contributed by atoms with Crippen LogP contribution in [-0.2, 0) is 6.54 Å². The molecule has 0 aliphatic carbocycles. The Labute approximate surface area is 125 Å². The molecule has 0 aromatic heterocycles. The second-order valence-electron chi connectivity index (χ2n) is 5.63. The number of hydrogen-bond donors (Lipinski definition) is 1. The molecule has 1 saturated heterocycles. The van der Waals surface area contributed by atoms with Gasteiger partial charge < -0.3 is 15.0 Å². The van der Waals surface area contributed by atoms with Gasteiger partial charge in [0.2, 0.25) is 0 Å². The Bertz CT molecular complexity index is 485. The first-order chi connectivity index (χ1) is 10.1. The maximum atomic E-state index is 10.8. The van der Waals surface area contributed by atoms with Gasteiger partial charge in [0.15, 0.2) is 0 Å². The molecule has 0 bridgehead atoms. The third kappa shape index (κ3) is 4.41. The number of hydrogen-bond acceptors (Lipinski definition) is 5. The van der Waals surface area contributed by atoms with Gasteiger partial charge >= 0.3 is 0 Å². The van der Waals surface area contributed by atoms with Crippen molar-refractivity contribution >= 4 is 5.69 Å². The minimum Gasteiger partial charge on any atom is -0.496 e. The van der Waals surface area contributed by atoms with Crippen LogP contribution in [-0.4, -0.2) is 43.6 Å². The Hall–Kier alpha value is -1.66. The van der Waals surface area contributed by atoms with E-state index in [0.717, 1.165) is 25.2 Å². The van der Waals surface area contributed by atoms with Crippen LogP contribution in [0.15, 0.2) is 18.2 Å². The summed E-state index contributed by atoms with van der Waals surface area (Å²) in [5.41, 5.74) is 0.937. The first-order valence-corrected chi connectivity index (χ1v) is 7.30. The summed E-state index contributed by atoms with van der Waals surface area (Å²) in [6.45, 7) is 3.83. The summed E-state index contributed by atoms with van der Waals surface area (Å²) in [4.78, 5) is 12.8. The van der Waals surface area contributed by atoms with Crippen molar-refractivity contribution in [2.24, 2.45) is 5.92 Å². The number of nitro benzene ring substituents is 1. The number of nitrogens with zero attached hydrogens (tertiary/aromatic N) is 2. The van der Waals surface area contributed by atoms with Crippen molar-refractivity contribution in [1.29, 1.82) is 0 Å². The summed E-state index contributed by atoms with van der Waals surface area (Å²) in [7, 11) is 3.74. The second-order valence-corrected chi connectivity index (χ2v) is 5.63. The van der Waals surface area contributed by atoms with Crippen LogP contribution >= 0.6 is 0 Å². The van der Waals surface area contributed by atoms with E-state index in [1.54, 1.807) is 19.2 Å². The van der Waals surface area contributed by atoms with E-state index in [0.29, 0.717) is 18.2 Å². The van der Waals surface area contributed by atoms with Crippen LogP contribution in [0.3, 0.4) is 0 Å². The quantitative estimate of drug-likeness (QED) is 0.642. The molecule has 1 heterocycles. The number of piperidine rings is 1. The van der Waals surface area contributed by atoms with Gasteiger partial charge in [0.05, 0.1) is 12.0 Å². The van der Waals surface area contributed by atoms with Gasteiger partial charge in [0.25, 0.3) is 5.69 Å². The van der Waals surface area contributed by atoms with Gasteiger partial charge in [0.1, 0.15) is 5.75 Å². The molecule has 6 heteroatoms. The Morgan fingerprint density at radius 2 is 2.14 bits per heavy atom. The number of ether oxygens (including phenoxy) is 1. The number of benzene rings is 1. The molecule has 6 nitrogen and oxygen atoms in total. The third-order valence-corrected chi connectivity index (χ3v) is 4.06. The lowest BCUT2D eigenvalue weighted by molar-refractivity contribution is -0.384. The van der Waals surface area contributed by atoms with E-state index >= 15 is 0 Å². The number of rotatable bonds is 6. The van der Waals surface area contributed by atoms with Crippen LogP contribution in [0.25, 0.3) is 0 Å². The van der Waals surface area contributed by atoms with Crippen LogP contribution in [0, 0.1) is 16.0 Å². The molecule has 2 rings (SSSR count). The van der Waals surface area contributed by atoms with E-state index in [-0.39, 0.29) is 10.6 Å². The summed E-state index contributed by atoms with van der Waals surface area (Å²) in [5.74, 6) is 1.38. The predicted molar refractivity (Wildman–Crippen MR) is 81.6 cm³/mol. The topological polar surface area (TPSA) is 67.6 Å². The van der Waals surface area contributed by atoms with Gasteiger partial charge in [0, 0.05) is 24.2 Å². The number of nitrogens with one attached hydrogen (secondary N) is 1. The van der Waals surface area contributed by atoms with Crippen molar-refractivity contribution in [3.63, 3.8) is 0 Å². The molecule has 1 aliphatic heterocycles. The molecule has 0 amide bonds. The summed E-state index contributed by atoms with van der Waals surface area (Å²) in [5, 5.41) is 14.3. The van der Waals surface area contributed by atoms with E-state index in [4.69, 9.17) is 4.74 Å². The fraction of sp³-hybridized carbons (Fsp3) is 0.600. The highest BCUT2D eigenvalue weighted by Gasteiger charge is 2.17. The fourth-order valence-electron chi connectivity index (χ4n) is 2.69. The summed E-state index contributed by atoms with van der Waals surface area (Å²) in [6.07, 6.45) is 2.41. The molecule has 0 atom stereocenters. The Morgan fingerprint density at radius 3 is 2.76 bits per heavy atom. The monoisotopic (exact) mass is 293 g/mol. The molecule has 1 aliphatic rings. The molecule has 21 heavy (non-hydrogen) atoms. The molecule has 0 spiro atoms. The maximum Gasteiger partial charge on any atom is 0.270 e. The van der Waals surface area contributed by atoms with Gasteiger partial charge in [-0.3, -0.25) is 10.1 Å². The number of non-ortho nitro benzene ring substituents is 1. The van der Waals surface area contributed by atoms with E-state index in [9.17, 15) is 10.1 Å². The molecule has 1 fully saturated rings. The van der Waals surface area contributed by atoms with E-state index in [2.05, 4.69) is 17.3 Å². The van der Waals surface area contributed by atoms with E-state index in [1.807, 2.05) is 0 Å². The lowest BCUT2D eigenvalue weighted by Gasteiger charge is -2.29. The molecular formula is C15H23N3O3. The molecule has 116 valence electrons. The normalized spacial score (nSPS) is 16.9.